The highest BCUT2D eigenvalue weighted by molar-refractivity contribution is 6.03. The second kappa shape index (κ2) is 45.1. The smallest absolute Gasteiger partial charge is 0.407 e. The standard InChI is InChI=1S/C62H88N6O29/c1-37(69)66-52-56(94-43(7)75)54(92-41(5)73)49(35-89-39(3)71)96-60(52)87-28-26-85-24-22-83-20-18-81-16-14-63-58(78)46-30-47(32-48(31-46)68-51(77)33-65-62(80)91-34-45-12-10-9-11-13-45)59(79)64-15-17-82-19-21-84-23-25-86-27-29-88-61-53(67-38(2)70)57(95-44(8)76)55(93-42(6)74)50(97-61)36-90-40(4)72/h9-13,30-32,49-50,52-57,60-61H,14-29,33-36H2,1-8H3,(H,63,78)(H,64,79)(H,65,80)(H,66,69)(H,67,70)(H,68,77)/t49-,50-,52-,53-,54+,55+,56-,57-,60?,61?/m1/s1. The number of alkyl carbamates (subject to hydrolysis) is 1. The maximum absolute atomic E-state index is 13.4. The number of nitrogens with one attached hydrogen (secondary N) is 6. The van der Waals surface area contributed by atoms with Crippen molar-refractivity contribution in [3.05, 3.63) is 65.2 Å². The summed E-state index contributed by atoms with van der Waals surface area (Å²) in [6.45, 7) is 9.20. The van der Waals surface area contributed by atoms with E-state index in [2.05, 4.69) is 31.9 Å². The molecular formula is C62H88N6O29. The number of hydrogen-bond acceptors (Lipinski definition) is 29. The van der Waals surface area contributed by atoms with Gasteiger partial charge in [0.05, 0.1) is 92.5 Å². The van der Waals surface area contributed by atoms with Crippen LogP contribution in [0.5, 0.6) is 0 Å². The fourth-order valence-electron chi connectivity index (χ4n) is 9.17. The van der Waals surface area contributed by atoms with Gasteiger partial charge in [-0.2, -0.15) is 0 Å². The minimum absolute atomic E-state index is 0.00301. The predicted octanol–water partition coefficient (Wildman–Crippen LogP) is -0.544. The van der Waals surface area contributed by atoms with Gasteiger partial charge in [-0.25, -0.2) is 4.79 Å². The van der Waals surface area contributed by atoms with E-state index in [0.717, 1.165) is 33.3 Å². The lowest BCUT2D eigenvalue weighted by Gasteiger charge is -2.44. The predicted molar refractivity (Wildman–Crippen MR) is 329 cm³/mol. The molecule has 0 spiro atoms. The molecular weight excluding hydrogens is 1290 g/mol. The van der Waals surface area contributed by atoms with E-state index in [-0.39, 0.29) is 142 Å². The molecule has 35 heteroatoms. The molecule has 10 atom stereocenters. The van der Waals surface area contributed by atoms with Crippen molar-refractivity contribution in [3.8, 4) is 0 Å². The van der Waals surface area contributed by atoms with Crippen molar-refractivity contribution in [1.82, 2.24) is 26.6 Å². The van der Waals surface area contributed by atoms with E-state index in [0.29, 0.717) is 0 Å². The lowest BCUT2D eigenvalue weighted by atomic mass is 9.96. The SMILES string of the molecule is CC(=O)N[C@H]1C(OCCOCCOCCOCCNC(=O)c2cc(NC(=O)CNC(=O)OCc3ccccc3)cc(C(=O)NCCOCCOCCOCCOC3O[C@H](COC(C)=O)[C@H](OC(C)=O)[C@H](OC(C)=O)[C@H]3NC(C)=O)c2)O[C@H](COC(C)=O)[C@H](OC(C)=O)[C@@H]1OC(C)=O. The van der Waals surface area contributed by atoms with Crippen molar-refractivity contribution in [1.29, 1.82) is 0 Å². The van der Waals surface area contributed by atoms with Gasteiger partial charge < -0.3 is 112 Å². The lowest BCUT2D eigenvalue weighted by Crippen LogP contribution is -2.66. The highest BCUT2D eigenvalue weighted by Crippen LogP contribution is 2.30. The summed E-state index contributed by atoms with van der Waals surface area (Å²) in [5.41, 5.74) is 0.800. The van der Waals surface area contributed by atoms with Crippen molar-refractivity contribution in [2.75, 3.05) is 131 Å². The molecule has 2 aromatic carbocycles. The van der Waals surface area contributed by atoms with Crippen LogP contribution in [0.3, 0.4) is 0 Å². The Bertz CT molecular complexity index is 2720. The van der Waals surface area contributed by atoms with Crippen LogP contribution in [0.4, 0.5) is 10.5 Å². The van der Waals surface area contributed by atoms with Crippen molar-refractivity contribution < 1.29 is 138 Å². The number of rotatable bonds is 43. The van der Waals surface area contributed by atoms with Crippen LogP contribution >= 0.6 is 0 Å². The van der Waals surface area contributed by atoms with Gasteiger partial charge in [0.1, 0.15) is 50.7 Å². The first kappa shape index (κ1) is 80.9. The van der Waals surface area contributed by atoms with Gasteiger partial charge in [-0.05, 0) is 23.8 Å². The number of amides is 6. The molecule has 2 aliphatic rings. The van der Waals surface area contributed by atoms with Crippen LogP contribution in [0.1, 0.15) is 81.7 Å². The van der Waals surface area contributed by atoms with Crippen molar-refractivity contribution in [3.63, 3.8) is 0 Å². The zero-order chi connectivity index (χ0) is 71.1. The third-order valence-corrected chi connectivity index (χ3v) is 13.1. The second-order valence-electron chi connectivity index (χ2n) is 21.1. The number of carbonyl (C=O) groups excluding carboxylic acids is 12. The molecule has 0 aromatic heterocycles. The van der Waals surface area contributed by atoms with E-state index in [4.69, 9.17) is 80.5 Å². The van der Waals surface area contributed by atoms with E-state index in [9.17, 15) is 57.5 Å². The van der Waals surface area contributed by atoms with E-state index < -0.39 is 139 Å². The molecule has 540 valence electrons. The Kier molecular flexibility index (Phi) is 37.6. The normalized spacial score (nSPS) is 20.3. The van der Waals surface area contributed by atoms with E-state index in [1.165, 1.54) is 45.9 Å². The van der Waals surface area contributed by atoms with Crippen LogP contribution in [-0.2, 0) is 130 Å². The second-order valence-corrected chi connectivity index (χ2v) is 21.1. The minimum Gasteiger partial charge on any atom is -0.463 e. The van der Waals surface area contributed by atoms with E-state index in [1.54, 1.807) is 24.3 Å². The van der Waals surface area contributed by atoms with Gasteiger partial charge in [0.25, 0.3) is 11.8 Å². The monoisotopic (exact) mass is 1380 g/mol. The Hall–Kier alpha value is -8.52. The van der Waals surface area contributed by atoms with Gasteiger partial charge in [-0.3, -0.25) is 52.7 Å². The Morgan fingerprint density at radius 2 is 0.784 bits per heavy atom. The van der Waals surface area contributed by atoms with Crippen LogP contribution in [-0.4, -0.2) is 258 Å². The largest absolute Gasteiger partial charge is 0.463 e. The Labute approximate surface area is 559 Å². The zero-order valence-corrected chi connectivity index (χ0v) is 55.4. The topological polar surface area (TPSA) is 434 Å². The number of anilines is 1. The number of benzene rings is 2. The van der Waals surface area contributed by atoms with Crippen molar-refractivity contribution >= 4 is 77.1 Å². The summed E-state index contributed by atoms with van der Waals surface area (Å²) in [5.74, 6) is -7.27. The van der Waals surface area contributed by atoms with E-state index in [1.807, 2.05) is 6.07 Å². The summed E-state index contributed by atoms with van der Waals surface area (Å²) in [4.78, 5) is 148. The van der Waals surface area contributed by atoms with Crippen molar-refractivity contribution in [2.24, 2.45) is 0 Å². The van der Waals surface area contributed by atoms with Gasteiger partial charge in [-0.1, -0.05) is 30.3 Å². The van der Waals surface area contributed by atoms with Crippen molar-refractivity contribution in [2.45, 2.75) is 123 Å². The number of esters is 6. The highest BCUT2D eigenvalue weighted by Gasteiger charge is 2.53. The summed E-state index contributed by atoms with van der Waals surface area (Å²) in [6.07, 6.45) is -10.7. The maximum Gasteiger partial charge on any atom is 0.407 e. The molecule has 2 saturated heterocycles. The first-order valence-electron chi connectivity index (χ1n) is 30.9. The molecule has 97 heavy (non-hydrogen) atoms. The highest BCUT2D eigenvalue weighted by atomic mass is 16.7. The average Bonchev–Trinajstić information content (AvgIpc) is 0.797. The molecule has 35 nitrogen and oxygen atoms in total. The van der Waals surface area contributed by atoms with Crippen LogP contribution in [0.15, 0.2) is 48.5 Å². The number of ether oxygens (including phenoxy) is 17. The number of carbonyl (C=O) groups is 12. The summed E-state index contributed by atoms with van der Waals surface area (Å²) in [5, 5.41) is 15.6. The van der Waals surface area contributed by atoms with Crippen LogP contribution in [0.25, 0.3) is 0 Å². The molecule has 2 unspecified atom stereocenters. The summed E-state index contributed by atoms with van der Waals surface area (Å²) < 4.78 is 94.3. The van der Waals surface area contributed by atoms with Gasteiger partial charge in [-0.15, -0.1) is 0 Å². The molecule has 4 rings (SSSR count). The molecule has 0 bridgehead atoms. The first-order valence-corrected chi connectivity index (χ1v) is 30.9. The molecule has 0 aliphatic carbocycles. The molecule has 2 aromatic rings. The van der Waals surface area contributed by atoms with Crippen LogP contribution in [0, 0.1) is 0 Å². The van der Waals surface area contributed by atoms with E-state index >= 15 is 0 Å². The zero-order valence-electron chi connectivity index (χ0n) is 55.4. The first-order chi connectivity index (χ1) is 46.4. The minimum atomic E-state index is -1.28. The summed E-state index contributed by atoms with van der Waals surface area (Å²) in [7, 11) is 0. The van der Waals surface area contributed by atoms with Gasteiger partial charge in [0.15, 0.2) is 37.0 Å². The molecule has 2 fully saturated rings. The number of hydrogen-bond donors (Lipinski definition) is 6. The maximum atomic E-state index is 13.4. The van der Waals surface area contributed by atoms with Gasteiger partial charge in [0, 0.05) is 85.3 Å². The molecule has 0 saturated carbocycles. The fraction of sp³-hybridized carbons (Fsp3) is 0.613. The Morgan fingerprint density at radius 1 is 0.412 bits per heavy atom. The van der Waals surface area contributed by atoms with Crippen LogP contribution in [0.2, 0.25) is 0 Å². The summed E-state index contributed by atoms with van der Waals surface area (Å²) >= 11 is 0. The third kappa shape index (κ3) is 32.9. The quantitative estimate of drug-likeness (QED) is 0.0276. The average molecular weight is 1380 g/mol. The molecule has 2 aliphatic heterocycles. The lowest BCUT2D eigenvalue weighted by molar-refractivity contribution is -0.279. The molecule has 6 amide bonds. The third-order valence-electron chi connectivity index (χ3n) is 13.1. The molecule has 2 heterocycles. The molecule has 6 N–H and O–H groups in total. The van der Waals surface area contributed by atoms with Gasteiger partial charge >= 0.3 is 41.9 Å². The Balaban J connectivity index is 1.18. The Morgan fingerprint density at radius 3 is 1.15 bits per heavy atom. The fourth-order valence-corrected chi connectivity index (χ4v) is 9.17. The summed E-state index contributed by atoms with van der Waals surface area (Å²) in [6, 6.07) is 10.6. The van der Waals surface area contributed by atoms with Gasteiger partial charge in [0.2, 0.25) is 17.7 Å². The molecule has 0 radical (unpaired) electrons. The van der Waals surface area contributed by atoms with Crippen LogP contribution < -0.4 is 31.9 Å².